The summed E-state index contributed by atoms with van der Waals surface area (Å²) in [5.41, 5.74) is 1.71. The minimum atomic E-state index is -0.442. The standard InChI is InChI=1S/C18H13Cl2N3O2S/c1-25-16-12(19)8-11(9-13(16)20)17(24)23-18(26)22-14-6-2-4-10-5-3-7-21-15(10)14/h2-9H,1H3,(H2,22,23,24,26). The molecule has 0 saturated heterocycles. The topological polar surface area (TPSA) is 63.2 Å². The van der Waals surface area contributed by atoms with Crippen molar-refractivity contribution < 1.29 is 9.53 Å². The van der Waals surface area contributed by atoms with Crippen molar-refractivity contribution in [2.45, 2.75) is 0 Å². The molecule has 0 fully saturated rings. The third kappa shape index (κ3) is 3.88. The molecule has 1 aromatic heterocycles. The first-order valence-electron chi connectivity index (χ1n) is 7.48. The number of rotatable bonds is 3. The van der Waals surface area contributed by atoms with E-state index in [9.17, 15) is 4.79 Å². The van der Waals surface area contributed by atoms with Crippen LogP contribution in [-0.2, 0) is 0 Å². The van der Waals surface area contributed by atoms with Gasteiger partial charge in [0.05, 0.1) is 28.4 Å². The van der Waals surface area contributed by atoms with Gasteiger partial charge in [-0.1, -0.05) is 41.4 Å². The van der Waals surface area contributed by atoms with Gasteiger partial charge in [-0.2, -0.15) is 0 Å². The first-order chi connectivity index (χ1) is 12.5. The van der Waals surface area contributed by atoms with Crippen LogP contribution in [0.3, 0.4) is 0 Å². The zero-order valence-corrected chi connectivity index (χ0v) is 15.9. The second-order valence-corrected chi connectivity index (χ2v) is 6.48. The van der Waals surface area contributed by atoms with Crippen molar-refractivity contribution >= 4 is 63.0 Å². The SMILES string of the molecule is COc1c(Cl)cc(C(=O)NC(=S)Nc2cccc3cccnc23)cc1Cl. The molecule has 3 aromatic rings. The van der Waals surface area contributed by atoms with E-state index in [4.69, 9.17) is 40.2 Å². The number of nitrogens with one attached hydrogen (secondary N) is 2. The smallest absolute Gasteiger partial charge is 0.257 e. The van der Waals surface area contributed by atoms with Gasteiger partial charge in [0.15, 0.2) is 10.9 Å². The van der Waals surface area contributed by atoms with Crippen LogP contribution >= 0.6 is 35.4 Å². The highest BCUT2D eigenvalue weighted by Crippen LogP contribution is 2.33. The number of pyridine rings is 1. The zero-order valence-electron chi connectivity index (χ0n) is 13.5. The molecule has 2 aromatic carbocycles. The van der Waals surface area contributed by atoms with Crippen LogP contribution in [-0.4, -0.2) is 23.1 Å². The Morgan fingerprint density at radius 2 is 1.85 bits per heavy atom. The molecule has 2 N–H and O–H groups in total. The summed E-state index contributed by atoms with van der Waals surface area (Å²) >= 11 is 17.4. The number of hydrogen-bond donors (Lipinski definition) is 2. The van der Waals surface area contributed by atoms with Crippen LogP contribution in [0, 0.1) is 0 Å². The Morgan fingerprint density at radius 3 is 2.54 bits per heavy atom. The lowest BCUT2D eigenvalue weighted by Gasteiger charge is -2.12. The molecule has 0 saturated carbocycles. The quantitative estimate of drug-likeness (QED) is 0.619. The maximum atomic E-state index is 12.4. The number of hydrogen-bond acceptors (Lipinski definition) is 4. The number of benzene rings is 2. The molecule has 0 bridgehead atoms. The summed E-state index contributed by atoms with van der Waals surface area (Å²) in [5.74, 6) is -0.130. The Balaban J connectivity index is 1.77. The number of anilines is 1. The summed E-state index contributed by atoms with van der Waals surface area (Å²) < 4.78 is 5.07. The molecule has 0 radical (unpaired) electrons. The Kier molecular flexibility index (Phi) is 5.56. The molecule has 1 heterocycles. The van der Waals surface area contributed by atoms with Crippen molar-refractivity contribution in [3.8, 4) is 5.75 Å². The Morgan fingerprint density at radius 1 is 1.15 bits per heavy atom. The monoisotopic (exact) mass is 405 g/mol. The van der Waals surface area contributed by atoms with Gasteiger partial charge < -0.3 is 10.1 Å². The minimum absolute atomic E-state index is 0.135. The molecule has 5 nitrogen and oxygen atoms in total. The third-order valence-electron chi connectivity index (χ3n) is 3.57. The lowest BCUT2D eigenvalue weighted by Crippen LogP contribution is -2.34. The number of fused-ring (bicyclic) bond motifs is 1. The maximum Gasteiger partial charge on any atom is 0.257 e. The van der Waals surface area contributed by atoms with Gasteiger partial charge in [0, 0.05) is 17.1 Å². The van der Waals surface area contributed by atoms with E-state index in [1.807, 2.05) is 30.3 Å². The van der Waals surface area contributed by atoms with Gasteiger partial charge in [-0.15, -0.1) is 0 Å². The zero-order chi connectivity index (χ0) is 18.7. The van der Waals surface area contributed by atoms with Crippen molar-refractivity contribution in [1.82, 2.24) is 10.3 Å². The van der Waals surface area contributed by atoms with E-state index in [-0.39, 0.29) is 20.7 Å². The first kappa shape index (κ1) is 18.4. The van der Waals surface area contributed by atoms with Crippen molar-refractivity contribution in [1.29, 1.82) is 0 Å². The fraction of sp³-hybridized carbons (Fsp3) is 0.0556. The van der Waals surface area contributed by atoms with E-state index in [2.05, 4.69) is 15.6 Å². The number of aromatic nitrogens is 1. The number of ether oxygens (including phenoxy) is 1. The maximum absolute atomic E-state index is 12.4. The molecule has 26 heavy (non-hydrogen) atoms. The van der Waals surface area contributed by atoms with E-state index in [1.54, 1.807) is 6.20 Å². The Hall–Kier alpha value is -2.41. The van der Waals surface area contributed by atoms with Gasteiger partial charge in [-0.3, -0.25) is 15.1 Å². The first-order valence-corrected chi connectivity index (χ1v) is 8.65. The summed E-state index contributed by atoms with van der Waals surface area (Å²) in [4.78, 5) is 16.7. The summed E-state index contributed by atoms with van der Waals surface area (Å²) in [6.45, 7) is 0. The Bertz CT molecular complexity index is 982. The van der Waals surface area contributed by atoms with Crippen LogP contribution in [0.1, 0.15) is 10.4 Å². The largest absolute Gasteiger partial charge is 0.494 e. The number of methoxy groups -OCH3 is 1. The third-order valence-corrected chi connectivity index (χ3v) is 4.34. The predicted molar refractivity (Wildman–Crippen MR) is 108 cm³/mol. The lowest BCUT2D eigenvalue weighted by atomic mass is 10.2. The number of para-hydroxylation sites is 1. The van der Waals surface area contributed by atoms with Crippen molar-refractivity contribution in [3.05, 3.63) is 64.3 Å². The fourth-order valence-corrected chi connectivity index (χ4v) is 3.26. The molecule has 0 spiro atoms. The molecular formula is C18H13Cl2N3O2S. The van der Waals surface area contributed by atoms with Gasteiger partial charge in [0.2, 0.25) is 0 Å². The van der Waals surface area contributed by atoms with Crippen LogP contribution < -0.4 is 15.4 Å². The molecule has 3 rings (SSSR count). The van der Waals surface area contributed by atoms with E-state index in [0.29, 0.717) is 11.4 Å². The molecule has 132 valence electrons. The van der Waals surface area contributed by atoms with E-state index >= 15 is 0 Å². The highest BCUT2D eigenvalue weighted by atomic mass is 35.5. The van der Waals surface area contributed by atoms with Gasteiger partial charge in [-0.05, 0) is 36.5 Å². The van der Waals surface area contributed by atoms with Gasteiger partial charge in [-0.25, -0.2) is 0 Å². The van der Waals surface area contributed by atoms with E-state index in [1.165, 1.54) is 19.2 Å². The summed E-state index contributed by atoms with van der Waals surface area (Å²) in [6.07, 6.45) is 1.69. The highest BCUT2D eigenvalue weighted by Gasteiger charge is 2.15. The van der Waals surface area contributed by atoms with Crippen LogP contribution in [0.4, 0.5) is 5.69 Å². The molecule has 0 aliphatic carbocycles. The molecular weight excluding hydrogens is 393 g/mol. The van der Waals surface area contributed by atoms with E-state index < -0.39 is 5.91 Å². The van der Waals surface area contributed by atoms with Crippen LogP contribution in [0.2, 0.25) is 10.0 Å². The number of nitrogens with zero attached hydrogens (tertiary/aromatic N) is 1. The predicted octanol–water partition coefficient (Wildman–Crippen LogP) is 4.68. The van der Waals surface area contributed by atoms with Gasteiger partial charge in [0.1, 0.15) is 0 Å². The average molecular weight is 406 g/mol. The second-order valence-electron chi connectivity index (χ2n) is 5.26. The van der Waals surface area contributed by atoms with E-state index in [0.717, 1.165) is 10.9 Å². The highest BCUT2D eigenvalue weighted by molar-refractivity contribution is 7.80. The summed E-state index contributed by atoms with van der Waals surface area (Å²) in [6, 6.07) is 12.4. The Labute approximate surface area is 165 Å². The summed E-state index contributed by atoms with van der Waals surface area (Å²) in [7, 11) is 1.45. The molecule has 0 aliphatic rings. The van der Waals surface area contributed by atoms with Crippen LogP contribution in [0.15, 0.2) is 48.7 Å². The fourth-order valence-electron chi connectivity index (χ4n) is 2.42. The van der Waals surface area contributed by atoms with Crippen molar-refractivity contribution in [3.63, 3.8) is 0 Å². The number of carbonyl (C=O) groups is 1. The number of amides is 1. The number of thiocarbonyl (C=S) groups is 1. The van der Waals surface area contributed by atoms with Gasteiger partial charge >= 0.3 is 0 Å². The molecule has 0 unspecified atom stereocenters. The van der Waals surface area contributed by atoms with Crippen molar-refractivity contribution in [2.24, 2.45) is 0 Å². The molecule has 8 heteroatoms. The summed E-state index contributed by atoms with van der Waals surface area (Å²) in [5, 5.41) is 7.15. The number of carbonyl (C=O) groups excluding carboxylic acids is 1. The molecule has 0 aliphatic heterocycles. The minimum Gasteiger partial charge on any atom is -0.494 e. The second kappa shape index (κ2) is 7.86. The molecule has 0 atom stereocenters. The number of halogens is 2. The van der Waals surface area contributed by atoms with Crippen LogP contribution in [0.5, 0.6) is 5.75 Å². The van der Waals surface area contributed by atoms with Gasteiger partial charge in [0.25, 0.3) is 5.91 Å². The van der Waals surface area contributed by atoms with Crippen LogP contribution in [0.25, 0.3) is 10.9 Å². The molecule has 1 amide bonds. The average Bonchev–Trinajstić information content (AvgIpc) is 2.61. The normalized spacial score (nSPS) is 10.4. The lowest BCUT2D eigenvalue weighted by molar-refractivity contribution is 0.0977. The van der Waals surface area contributed by atoms with Crippen molar-refractivity contribution in [2.75, 3.05) is 12.4 Å².